The van der Waals surface area contributed by atoms with E-state index in [0.29, 0.717) is 25.3 Å². The number of phosphoric ester groups is 1. The molecule has 16 nitrogen and oxygen atoms in total. The molecule has 3 aliphatic rings. The second kappa shape index (κ2) is 20.1. The van der Waals surface area contributed by atoms with Gasteiger partial charge < -0.3 is 33.8 Å². The van der Waals surface area contributed by atoms with Crippen molar-refractivity contribution >= 4 is 31.5 Å². The molecule has 1 aromatic heterocycles. The lowest BCUT2D eigenvalue weighted by Gasteiger charge is -2.42. The molecular weight excluding hydrogens is 845 g/mol. The summed E-state index contributed by atoms with van der Waals surface area (Å²) in [6, 6.07) is 20.2. The molecule has 0 unspecified atom stereocenters. The fourth-order valence-electron chi connectivity index (χ4n) is 7.62. The van der Waals surface area contributed by atoms with Gasteiger partial charge in [-0.3, -0.25) is 28.0 Å². The Kier molecular flexibility index (Phi) is 14.4. The van der Waals surface area contributed by atoms with Crippen LogP contribution in [-0.4, -0.2) is 71.3 Å². The molecule has 63 heavy (non-hydrogen) atoms. The Morgan fingerprint density at radius 3 is 2.27 bits per heavy atom. The van der Waals surface area contributed by atoms with Crippen LogP contribution in [0.5, 0.6) is 5.75 Å². The number of rotatable bonds is 18. The van der Waals surface area contributed by atoms with E-state index in [4.69, 9.17) is 32.6 Å². The number of hydrogen-bond donors (Lipinski definition) is 1. The molecule has 0 radical (unpaired) electrons. The highest BCUT2D eigenvalue weighted by Crippen LogP contribution is 2.51. The monoisotopic (exact) mass is 892 g/mol. The van der Waals surface area contributed by atoms with Gasteiger partial charge in [-0.15, -0.1) is 0 Å². The first-order valence-corrected chi connectivity index (χ1v) is 21.9. The van der Waals surface area contributed by atoms with Gasteiger partial charge in [0.15, 0.2) is 11.3 Å². The van der Waals surface area contributed by atoms with Crippen molar-refractivity contribution in [1.82, 2.24) is 14.8 Å². The lowest BCUT2D eigenvalue weighted by atomic mass is 9.84. The fourth-order valence-corrected chi connectivity index (χ4v) is 8.81. The van der Waals surface area contributed by atoms with Crippen LogP contribution in [-0.2, 0) is 52.2 Å². The summed E-state index contributed by atoms with van der Waals surface area (Å²) in [5, 5.41) is 6.70. The van der Waals surface area contributed by atoms with E-state index in [1.807, 2.05) is 74.5 Å². The molecule has 0 saturated carbocycles. The highest BCUT2D eigenvalue weighted by molar-refractivity contribution is 7.48. The predicted molar refractivity (Wildman–Crippen MR) is 222 cm³/mol. The standard InChI is InChI=1S/C44H47F2N4O12P/c1-29-22-44(62-48-29)18-17-30(2)49-25-37(44)50-24-35(41(52)47-23-33-15-16-34(45)21-36(33)46)39(51)40(38(50)42(49)53)57-28-58-43(54)56-19-9-10-20-59-63(55,60-26-31-11-5-3-6-12-31)61-27-32-13-7-4-8-14-32/h3-8,11-16,21,24,30,37H,9-10,17-20,22-23,25-28H2,1-2H3,(H,47,52)/t30-,37+,44-/m0/s1. The van der Waals surface area contributed by atoms with E-state index in [1.165, 1.54) is 10.8 Å². The molecule has 0 aliphatic carbocycles. The smallest absolute Gasteiger partial charge is 0.451 e. The number of halogens is 2. The van der Waals surface area contributed by atoms with Crippen LogP contribution in [0.3, 0.4) is 0 Å². The highest BCUT2D eigenvalue weighted by Gasteiger charge is 2.54. The molecule has 7 rings (SSSR count). The normalized spacial score (nSPS) is 19.1. The van der Waals surface area contributed by atoms with Gasteiger partial charge in [-0.2, -0.15) is 0 Å². The second-order valence-corrected chi connectivity index (χ2v) is 17.1. The lowest BCUT2D eigenvalue weighted by Crippen LogP contribution is -2.52. The maximum Gasteiger partial charge on any atom is 0.511 e. The Balaban J connectivity index is 0.993. The van der Waals surface area contributed by atoms with E-state index in [2.05, 4.69) is 10.5 Å². The highest BCUT2D eigenvalue weighted by atomic mass is 31.2. The van der Waals surface area contributed by atoms with Crippen molar-refractivity contribution in [3.63, 3.8) is 0 Å². The molecule has 1 saturated heterocycles. The molecule has 4 aromatic rings. The number of fused-ring (bicyclic) bond motifs is 5. The van der Waals surface area contributed by atoms with Gasteiger partial charge >= 0.3 is 14.0 Å². The molecule has 1 fully saturated rings. The van der Waals surface area contributed by atoms with Gasteiger partial charge in [0.1, 0.15) is 17.2 Å². The van der Waals surface area contributed by atoms with Crippen molar-refractivity contribution in [2.75, 3.05) is 26.6 Å². The number of aromatic nitrogens is 1. The van der Waals surface area contributed by atoms with Gasteiger partial charge in [0.25, 0.3) is 11.8 Å². The van der Waals surface area contributed by atoms with Crippen LogP contribution in [0.15, 0.2) is 95.0 Å². The SMILES string of the molecule is CC1=NO[C@@]2(CC[C@H](C)N3C[C@H]2n2cc(C(=O)NCc4ccc(F)cc4F)c(=O)c(OCOC(=O)OCCCCOP(=O)(OCc4ccccc4)OCc4ccccc4)c2C3=O)C1. The van der Waals surface area contributed by atoms with Gasteiger partial charge in [0.2, 0.25) is 18.0 Å². The van der Waals surface area contributed by atoms with Gasteiger partial charge in [0.05, 0.1) is 38.2 Å². The molecule has 1 N–H and O–H groups in total. The van der Waals surface area contributed by atoms with Crippen LogP contribution in [0.4, 0.5) is 13.6 Å². The molecule has 3 aromatic carbocycles. The van der Waals surface area contributed by atoms with Crippen molar-refractivity contribution in [2.45, 2.75) is 83.4 Å². The Bertz CT molecular complexity index is 2390. The number of pyridine rings is 1. The summed E-state index contributed by atoms with van der Waals surface area (Å²) >= 11 is 0. The minimum atomic E-state index is -4.00. The van der Waals surface area contributed by atoms with Crippen molar-refractivity contribution in [2.24, 2.45) is 5.16 Å². The zero-order valence-corrected chi connectivity index (χ0v) is 35.6. The summed E-state index contributed by atoms with van der Waals surface area (Å²) in [5.74, 6) is -3.74. The molecule has 19 heteroatoms. The Labute approximate surface area is 361 Å². The number of oxime groups is 1. The molecule has 3 aliphatic heterocycles. The van der Waals surface area contributed by atoms with Crippen LogP contribution in [0.25, 0.3) is 0 Å². The molecule has 3 atom stereocenters. The van der Waals surface area contributed by atoms with Crippen LogP contribution in [0, 0.1) is 11.6 Å². The summed E-state index contributed by atoms with van der Waals surface area (Å²) in [6.45, 7) is 2.39. The van der Waals surface area contributed by atoms with Crippen LogP contribution in [0.2, 0.25) is 0 Å². The van der Waals surface area contributed by atoms with E-state index in [-0.39, 0.29) is 69.7 Å². The number of benzene rings is 3. The van der Waals surface area contributed by atoms with E-state index in [0.717, 1.165) is 29.0 Å². The molecule has 4 heterocycles. The van der Waals surface area contributed by atoms with Crippen molar-refractivity contribution in [3.05, 3.63) is 135 Å². The minimum absolute atomic E-state index is 0.00847. The van der Waals surface area contributed by atoms with Gasteiger partial charge in [0, 0.05) is 43.4 Å². The predicted octanol–water partition coefficient (Wildman–Crippen LogP) is 7.60. The molecule has 2 amide bonds. The summed E-state index contributed by atoms with van der Waals surface area (Å²) in [7, 11) is -4.00. The minimum Gasteiger partial charge on any atom is -0.451 e. The van der Waals surface area contributed by atoms with Crippen molar-refractivity contribution in [3.8, 4) is 5.75 Å². The van der Waals surface area contributed by atoms with Gasteiger partial charge in [-0.05, 0) is 56.7 Å². The maximum atomic E-state index is 14.4. The lowest BCUT2D eigenvalue weighted by molar-refractivity contribution is -0.0658. The number of amides is 2. The van der Waals surface area contributed by atoms with Crippen molar-refractivity contribution in [1.29, 1.82) is 0 Å². The fraction of sp³-hybridized carbons (Fsp3) is 0.386. The average molecular weight is 893 g/mol. The molecule has 334 valence electrons. The number of carbonyl (C=O) groups excluding carboxylic acids is 3. The Hall–Kier alpha value is -5.94. The first-order valence-electron chi connectivity index (χ1n) is 20.4. The van der Waals surface area contributed by atoms with Crippen LogP contribution in [0.1, 0.15) is 89.5 Å². The number of nitrogens with zero attached hydrogens (tertiary/aromatic N) is 3. The summed E-state index contributed by atoms with van der Waals surface area (Å²) in [6.07, 6.45) is 2.12. The number of phosphoric acid groups is 1. The van der Waals surface area contributed by atoms with Crippen LogP contribution >= 0.6 is 7.82 Å². The Morgan fingerprint density at radius 2 is 1.62 bits per heavy atom. The third-order valence-electron chi connectivity index (χ3n) is 11.0. The number of carbonyl (C=O) groups is 3. The third-order valence-corrected chi connectivity index (χ3v) is 12.4. The first kappa shape index (κ1) is 45.1. The first-order chi connectivity index (χ1) is 30.3. The topological polar surface area (TPSA) is 183 Å². The zero-order valence-electron chi connectivity index (χ0n) is 34.7. The zero-order chi connectivity index (χ0) is 44.6. The van der Waals surface area contributed by atoms with Crippen LogP contribution < -0.4 is 15.5 Å². The number of ether oxygens (including phenoxy) is 3. The van der Waals surface area contributed by atoms with E-state index in [9.17, 15) is 32.5 Å². The van der Waals surface area contributed by atoms with Gasteiger partial charge in [-0.25, -0.2) is 18.1 Å². The maximum absolute atomic E-state index is 14.4. The Morgan fingerprint density at radius 1 is 0.937 bits per heavy atom. The molecule has 2 bridgehead atoms. The largest absolute Gasteiger partial charge is 0.511 e. The van der Waals surface area contributed by atoms with E-state index >= 15 is 0 Å². The molecular formula is C44H47F2N4O12P. The number of hydrogen-bond acceptors (Lipinski definition) is 13. The number of nitrogens with one attached hydrogen (secondary N) is 1. The quantitative estimate of drug-likeness (QED) is 0.0448. The third kappa shape index (κ3) is 10.8. The van der Waals surface area contributed by atoms with E-state index < -0.39 is 72.6 Å². The molecule has 1 spiro atoms. The number of unbranched alkanes of at least 4 members (excludes halogenated alkanes) is 1. The van der Waals surface area contributed by atoms with Crippen molar-refractivity contribution < 1.29 is 60.3 Å². The van der Waals surface area contributed by atoms with Gasteiger partial charge in [-0.1, -0.05) is 71.9 Å². The second-order valence-electron chi connectivity index (χ2n) is 15.4. The van der Waals surface area contributed by atoms with E-state index in [1.54, 1.807) is 4.90 Å². The summed E-state index contributed by atoms with van der Waals surface area (Å²) in [4.78, 5) is 62.2. The summed E-state index contributed by atoms with van der Waals surface area (Å²) in [5.41, 5.74) is -0.321. The average Bonchev–Trinajstić information content (AvgIpc) is 3.61. The summed E-state index contributed by atoms with van der Waals surface area (Å²) < 4.78 is 75.8.